The Hall–Kier alpha value is -2.37. The fourth-order valence-electron chi connectivity index (χ4n) is 1.71. The van der Waals surface area contributed by atoms with Gasteiger partial charge in [0.15, 0.2) is 0 Å². The molecule has 1 aliphatic carbocycles. The summed E-state index contributed by atoms with van der Waals surface area (Å²) in [4.78, 5) is 33.4. The Bertz CT molecular complexity index is 520. The van der Waals surface area contributed by atoms with Crippen molar-refractivity contribution < 1.29 is 19.5 Å². The quantitative estimate of drug-likeness (QED) is 0.706. The molecule has 6 nitrogen and oxygen atoms in total. The maximum atomic E-state index is 11.6. The number of nitrogens with one attached hydrogen (secondary N) is 2. The van der Waals surface area contributed by atoms with Crippen molar-refractivity contribution in [3.63, 3.8) is 0 Å². The zero-order chi connectivity index (χ0) is 14.5. The highest BCUT2D eigenvalue weighted by atomic mass is 16.4. The second kappa shape index (κ2) is 6.18. The zero-order valence-corrected chi connectivity index (χ0v) is 10.9. The predicted octanol–water partition coefficient (Wildman–Crippen LogP) is 0.527. The van der Waals surface area contributed by atoms with Gasteiger partial charge in [0, 0.05) is 18.0 Å². The number of carboxylic acid groups (broad SMARTS) is 1. The Morgan fingerprint density at radius 3 is 2.30 bits per heavy atom. The average Bonchev–Trinajstić information content (AvgIpc) is 3.27. The van der Waals surface area contributed by atoms with Crippen molar-refractivity contribution >= 4 is 17.8 Å². The number of carboxylic acids is 1. The molecule has 2 amide bonds. The van der Waals surface area contributed by atoms with E-state index in [1.165, 1.54) is 0 Å². The molecule has 6 heteroatoms. The van der Waals surface area contributed by atoms with Crippen LogP contribution in [0.3, 0.4) is 0 Å². The molecule has 3 N–H and O–H groups in total. The lowest BCUT2D eigenvalue weighted by molar-refractivity contribution is -0.135. The van der Waals surface area contributed by atoms with E-state index in [0.717, 1.165) is 18.4 Å². The van der Waals surface area contributed by atoms with Gasteiger partial charge < -0.3 is 15.7 Å². The van der Waals surface area contributed by atoms with Gasteiger partial charge in [0.1, 0.15) is 6.54 Å². The van der Waals surface area contributed by atoms with Crippen LogP contribution in [-0.4, -0.2) is 29.4 Å². The first-order chi connectivity index (χ1) is 9.56. The Balaban J connectivity index is 1.83. The highest BCUT2D eigenvalue weighted by Crippen LogP contribution is 2.28. The molecule has 1 fully saturated rings. The molecule has 0 radical (unpaired) electrons. The number of amides is 2. The predicted molar refractivity (Wildman–Crippen MR) is 71.0 cm³/mol. The summed E-state index contributed by atoms with van der Waals surface area (Å²) in [5, 5.41) is 13.6. The molecule has 1 saturated carbocycles. The number of hydrogen-bond acceptors (Lipinski definition) is 3. The number of carbonyl (C=O) groups is 3. The normalized spacial score (nSPS) is 13.6. The standard InChI is InChI=1S/C14H16N2O4/c17-12(18)8-16-14(20)10-3-1-9(2-4-10)7-15-13(19)11-5-6-11/h1-4,11H,5-8H2,(H,15,19)(H,16,20)(H,17,18). The summed E-state index contributed by atoms with van der Waals surface area (Å²) in [6.45, 7) is 0.0321. The second-order valence-corrected chi connectivity index (χ2v) is 4.77. The summed E-state index contributed by atoms with van der Waals surface area (Å²) in [6, 6.07) is 6.69. The average molecular weight is 276 g/mol. The molecule has 0 aromatic heterocycles. The fraction of sp³-hybridized carbons (Fsp3) is 0.357. The lowest BCUT2D eigenvalue weighted by Gasteiger charge is -2.06. The summed E-state index contributed by atoms with van der Waals surface area (Å²) in [5.41, 5.74) is 1.29. The molecule has 0 saturated heterocycles. The summed E-state index contributed by atoms with van der Waals surface area (Å²) < 4.78 is 0. The second-order valence-electron chi connectivity index (χ2n) is 4.77. The van der Waals surface area contributed by atoms with Gasteiger partial charge in [-0.25, -0.2) is 0 Å². The van der Waals surface area contributed by atoms with E-state index in [1.54, 1.807) is 24.3 Å². The molecule has 0 bridgehead atoms. The molecular formula is C14H16N2O4. The van der Waals surface area contributed by atoms with Crippen molar-refractivity contribution in [3.05, 3.63) is 35.4 Å². The third-order valence-electron chi connectivity index (χ3n) is 3.03. The van der Waals surface area contributed by atoms with Crippen molar-refractivity contribution in [1.29, 1.82) is 0 Å². The zero-order valence-electron chi connectivity index (χ0n) is 10.9. The van der Waals surface area contributed by atoms with Gasteiger partial charge in [-0.3, -0.25) is 14.4 Å². The number of hydrogen-bond donors (Lipinski definition) is 3. The number of rotatable bonds is 6. The number of aliphatic carboxylic acids is 1. The van der Waals surface area contributed by atoms with Gasteiger partial charge in [-0.15, -0.1) is 0 Å². The Kier molecular flexibility index (Phi) is 4.34. The van der Waals surface area contributed by atoms with Crippen molar-refractivity contribution in [2.45, 2.75) is 19.4 Å². The van der Waals surface area contributed by atoms with E-state index in [9.17, 15) is 14.4 Å². The molecular weight excluding hydrogens is 260 g/mol. The van der Waals surface area contributed by atoms with Crippen LogP contribution in [0.2, 0.25) is 0 Å². The maximum Gasteiger partial charge on any atom is 0.322 e. The summed E-state index contributed by atoms with van der Waals surface area (Å²) in [7, 11) is 0. The molecule has 0 aliphatic heterocycles. The van der Waals surface area contributed by atoms with Gasteiger partial charge in [0.05, 0.1) is 0 Å². The van der Waals surface area contributed by atoms with Crippen LogP contribution in [0, 0.1) is 5.92 Å². The molecule has 106 valence electrons. The molecule has 1 aliphatic rings. The van der Waals surface area contributed by atoms with Gasteiger partial charge in [0.2, 0.25) is 5.91 Å². The molecule has 0 heterocycles. The maximum absolute atomic E-state index is 11.6. The smallest absolute Gasteiger partial charge is 0.322 e. The van der Waals surface area contributed by atoms with Crippen LogP contribution in [0.15, 0.2) is 24.3 Å². The van der Waals surface area contributed by atoms with Gasteiger partial charge in [-0.2, -0.15) is 0 Å². The molecule has 20 heavy (non-hydrogen) atoms. The largest absolute Gasteiger partial charge is 0.480 e. The van der Waals surface area contributed by atoms with Crippen molar-refractivity contribution in [3.8, 4) is 0 Å². The highest BCUT2D eigenvalue weighted by molar-refractivity contribution is 5.95. The van der Waals surface area contributed by atoms with Crippen molar-refractivity contribution in [1.82, 2.24) is 10.6 Å². The first kappa shape index (κ1) is 14.0. The van der Waals surface area contributed by atoms with Gasteiger partial charge >= 0.3 is 5.97 Å². The Morgan fingerprint density at radius 2 is 1.75 bits per heavy atom. The topological polar surface area (TPSA) is 95.5 Å². The third-order valence-corrected chi connectivity index (χ3v) is 3.03. The number of carbonyl (C=O) groups excluding carboxylic acids is 2. The molecule has 1 aromatic rings. The lowest BCUT2D eigenvalue weighted by Crippen LogP contribution is -2.29. The molecule has 2 rings (SSSR count). The lowest BCUT2D eigenvalue weighted by atomic mass is 10.1. The van der Waals surface area contributed by atoms with Crippen LogP contribution in [-0.2, 0) is 16.1 Å². The minimum absolute atomic E-state index is 0.0771. The SMILES string of the molecule is O=C(O)CNC(=O)c1ccc(CNC(=O)C2CC2)cc1. The van der Waals surface area contributed by atoms with Crippen LogP contribution in [0.5, 0.6) is 0 Å². The van der Waals surface area contributed by atoms with Crippen LogP contribution in [0.25, 0.3) is 0 Å². The molecule has 0 spiro atoms. The molecule has 1 aromatic carbocycles. The van der Waals surface area contributed by atoms with Gasteiger partial charge in [-0.1, -0.05) is 12.1 Å². The van der Waals surface area contributed by atoms with E-state index >= 15 is 0 Å². The monoisotopic (exact) mass is 276 g/mol. The van der Waals surface area contributed by atoms with Crippen LogP contribution in [0.4, 0.5) is 0 Å². The molecule has 0 atom stereocenters. The summed E-state index contributed by atoms with van der Waals surface area (Å²) in [5.74, 6) is -1.26. The molecule has 0 unspecified atom stereocenters. The fourth-order valence-corrected chi connectivity index (χ4v) is 1.71. The van der Waals surface area contributed by atoms with E-state index in [2.05, 4.69) is 10.6 Å². The van der Waals surface area contributed by atoms with Crippen LogP contribution in [0.1, 0.15) is 28.8 Å². The van der Waals surface area contributed by atoms with Gasteiger partial charge in [0.25, 0.3) is 5.91 Å². The van der Waals surface area contributed by atoms with E-state index in [1.807, 2.05) is 0 Å². The highest BCUT2D eigenvalue weighted by Gasteiger charge is 2.29. The van der Waals surface area contributed by atoms with E-state index in [-0.39, 0.29) is 11.8 Å². The van der Waals surface area contributed by atoms with E-state index < -0.39 is 18.4 Å². The van der Waals surface area contributed by atoms with Crippen LogP contribution < -0.4 is 10.6 Å². The number of benzene rings is 1. The Morgan fingerprint density at radius 1 is 1.10 bits per heavy atom. The minimum atomic E-state index is -1.09. The first-order valence-corrected chi connectivity index (χ1v) is 6.43. The Labute approximate surface area is 116 Å². The van der Waals surface area contributed by atoms with E-state index in [4.69, 9.17) is 5.11 Å². The minimum Gasteiger partial charge on any atom is -0.480 e. The summed E-state index contributed by atoms with van der Waals surface area (Å²) >= 11 is 0. The van der Waals surface area contributed by atoms with Crippen LogP contribution >= 0.6 is 0 Å². The van der Waals surface area contributed by atoms with Crippen molar-refractivity contribution in [2.24, 2.45) is 5.92 Å². The van der Waals surface area contributed by atoms with Gasteiger partial charge in [-0.05, 0) is 30.5 Å². The summed E-state index contributed by atoms with van der Waals surface area (Å²) in [6.07, 6.45) is 1.93. The van der Waals surface area contributed by atoms with E-state index in [0.29, 0.717) is 12.1 Å². The third kappa shape index (κ3) is 4.08. The van der Waals surface area contributed by atoms with Crippen molar-refractivity contribution in [2.75, 3.05) is 6.54 Å². The first-order valence-electron chi connectivity index (χ1n) is 6.43.